The fourth-order valence-corrected chi connectivity index (χ4v) is 2.76. The quantitative estimate of drug-likeness (QED) is 0.757. The van der Waals surface area contributed by atoms with E-state index in [1.807, 2.05) is 36.4 Å². The van der Waals surface area contributed by atoms with E-state index >= 15 is 0 Å². The molecule has 0 radical (unpaired) electrons. The summed E-state index contributed by atoms with van der Waals surface area (Å²) in [7, 11) is 0. The molecule has 0 spiro atoms. The Morgan fingerprint density at radius 3 is 2.84 bits per heavy atom. The van der Waals surface area contributed by atoms with Crippen LogP contribution in [-0.2, 0) is 0 Å². The Morgan fingerprint density at radius 2 is 2.04 bits per heavy atom. The highest BCUT2D eigenvalue weighted by atomic mass is 16.5. The molecule has 124 valence electrons. The van der Waals surface area contributed by atoms with Crippen molar-refractivity contribution in [2.24, 2.45) is 0 Å². The number of fused-ring (bicyclic) bond motifs is 1. The van der Waals surface area contributed by atoms with Crippen LogP contribution in [0.4, 0.5) is 11.6 Å². The van der Waals surface area contributed by atoms with Crippen LogP contribution in [0.5, 0.6) is 5.88 Å². The van der Waals surface area contributed by atoms with Gasteiger partial charge in [-0.3, -0.25) is 0 Å². The van der Waals surface area contributed by atoms with Crippen LogP contribution >= 0.6 is 0 Å². The monoisotopic (exact) mass is 332 g/mol. The third-order valence-corrected chi connectivity index (χ3v) is 4.03. The lowest BCUT2D eigenvalue weighted by atomic mass is 10.2. The van der Waals surface area contributed by atoms with Gasteiger partial charge in [0.15, 0.2) is 5.82 Å². The number of rotatable bonds is 4. The number of pyridine rings is 1. The molecule has 1 atom stereocenters. The number of benzene rings is 1. The lowest BCUT2D eigenvalue weighted by Crippen LogP contribution is -2.21. The fraction of sp³-hybridized carbons (Fsp3) is 0.222. The van der Waals surface area contributed by atoms with Gasteiger partial charge in [0.1, 0.15) is 18.0 Å². The third kappa shape index (κ3) is 3.34. The van der Waals surface area contributed by atoms with E-state index in [2.05, 4.69) is 25.6 Å². The van der Waals surface area contributed by atoms with Gasteiger partial charge in [-0.05, 0) is 24.4 Å². The van der Waals surface area contributed by atoms with Gasteiger partial charge in [-0.1, -0.05) is 24.3 Å². The van der Waals surface area contributed by atoms with Crippen LogP contribution in [0.3, 0.4) is 0 Å². The third-order valence-electron chi connectivity index (χ3n) is 4.03. The maximum Gasteiger partial charge on any atom is 0.253 e. The zero-order valence-electron chi connectivity index (χ0n) is 13.4. The topological polar surface area (TPSA) is 95.8 Å². The van der Waals surface area contributed by atoms with Crippen molar-refractivity contribution < 1.29 is 4.74 Å². The summed E-state index contributed by atoms with van der Waals surface area (Å²) in [6.45, 7) is 1.65. The summed E-state index contributed by atoms with van der Waals surface area (Å²) in [6.07, 6.45) is 4.21. The molecule has 0 aliphatic carbocycles. The number of hydrogen-bond acceptors (Lipinski definition) is 7. The minimum Gasteiger partial charge on any atom is -0.471 e. The van der Waals surface area contributed by atoms with E-state index in [4.69, 9.17) is 4.74 Å². The molecule has 1 aliphatic heterocycles. The van der Waals surface area contributed by atoms with E-state index in [-0.39, 0.29) is 17.7 Å². The molecule has 7 heteroatoms. The molecule has 0 bridgehead atoms. The average Bonchev–Trinajstić information content (AvgIpc) is 3.15. The first-order valence-corrected chi connectivity index (χ1v) is 8.08. The van der Waals surface area contributed by atoms with Gasteiger partial charge in [-0.15, -0.1) is 0 Å². The van der Waals surface area contributed by atoms with E-state index < -0.39 is 0 Å². The Bertz CT molecular complexity index is 946. The van der Waals surface area contributed by atoms with Crippen molar-refractivity contribution in [3.63, 3.8) is 0 Å². The molecule has 3 heterocycles. The van der Waals surface area contributed by atoms with Gasteiger partial charge in [0.25, 0.3) is 5.88 Å². The van der Waals surface area contributed by atoms with Crippen LogP contribution in [-0.4, -0.2) is 34.1 Å². The first-order chi connectivity index (χ1) is 12.3. The number of nitrogens with zero attached hydrogens (tertiary/aromatic N) is 4. The first kappa shape index (κ1) is 15.3. The molecule has 25 heavy (non-hydrogen) atoms. The Balaban J connectivity index is 1.59. The maximum atomic E-state index is 9.21. The summed E-state index contributed by atoms with van der Waals surface area (Å²) in [5.74, 6) is 1.40. The molecule has 1 fully saturated rings. The number of nitriles is 1. The highest BCUT2D eigenvalue weighted by Gasteiger charge is 2.19. The summed E-state index contributed by atoms with van der Waals surface area (Å²) < 4.78 is 5.83. The van der Waals surface area contributed by atoms with Crippen LogP contribution in [0.25, 0.3) is 10.8 Å². The molecule has 7 nitrogen and oxygen atoms in total. The van der Waals surface area contributed by atoms with Crippen molar-refractivity contribution in [1.29, 1.82) is 5.26 Å². The number of aromatic nitrogens is 3. The summed E-state index contributed by atoms with van der Waals surface area (Å²) in [4.78, 5) is 12.9. The van der Waals surface area contributed by atoms with Gasteiger partial charge in [0.05, 0.1) is 6.20 Å². The van der Waals surface area contributed by atoms with Crippen molar-refractivity contribution in [2.45, 2.75) is 12.5 Å². The van der Waals surface area contributed by atoms with Crippen LogP contribution in [0.1, 0.15) is 12.1 Å². The van der Waals surface area contributed by atoms with E-state index in [0.717, 1.165) is 30.3 Å². The predicted molar refractivity (Wildman–Crippen MR) is 93.7 cm³/mol. The second kappa shape index (κ2) is 6.71. The highest BCUT2D eigenvalue weighted by Crippen LogP contribution is 2.22. The molecule has 2 N–H and O–H groups in total. The standard InChI is InChI=1S/C18H16N6O/c19-8-15-18(25-14-5-6-20-10-14)24-17(11-21-15)23-16-7-12-3-1-2-4-13(12)9-22-16/h1-4,7,9,11,14,20H,5-6,10H2,(H,22,23,24)/t14-/m1/s1. The zero-order valence-corrected chi connectivity index (χ0v) is 13.4. The van der Waals surface area contributed by atoms with Crippen LogP contribution in [0, 0.1) is 11.3 Å². The SMILES string of the molecule is N#Cc1ncc(Nc2cc3ccccc3cn2)nc1O[C@@H]1CCNC1. The van der Waals surface area contributed by atoms with Gasteiger partial charge in [-0.2, -0.15) is 10.2 Å². The fourth-order valence-electron chi connectivity index (χ4n) is 2.76. The summed E-state index contributed by atoms with van der Waals surface area (Å²) in [5, 5.41) is 17.7. The van der Waals surface area contributed by atoms with Crippen LogP contribution in [0.2, 0.25) is 0 Å². The molecular weight excluding hydrogens is 316 g/mol. The summed E-state index contributed by atoms with van der Waals surface area (Å²) >= 11 is 0. The number of ether oxygens (including phenoxy) is 1. The zero-order chi connectivity index (χ0) is 17.1. The van der Waals surface area contributed by atoms with Crippen molar-refractivity contribution in [2.75, 3.05) is 18.4 Å². The Kier molecular flexibility index (Phi) is 4.11. The first-order valence-electron chi connectivity index (χ1n) is 8.08. The molecule has 1 aliphatic rings. The van der Waals surface area contributed by atoms with Gasteiger partial charge in [0, 0.05) is 18.1 Å². The number of hydrogen-bond donors (Lipinski definition) is 2. The van der Waals surface area contributed by atoms with Crippen molar-refractivity contribution >= 4 is 22.4 Å². The van der Waals surface area contributed by atoms with Gasteiger partial charge in [0.2, 0.25) is 5.69 Å². The molecule has 2 aromatic heterocycles. The van der Waals surface area contributed by atoms with Crippen molar-refractivity contribution in [3.05, 3.63) is 48.4 Å². The van der Waals surface area contributed by atoms with Gasteiger partial charge >= 0.3 is 0 Å². The molecular formula is C18H16N6O. The molecule has 0 saturated carbocycles. The largest absolute Gasteiger partial charge is 0.471 e. The smallest absolute Gasteiger partial charge is 0.253 e. The highest BCUT2D eigenvalue weighted by molar-refractivity contribution is 5.84. The lowest BCUT2D eigenvalue weighted by Gasteiger charge is -2.13. The number of nitrogens with one attached hydrogen (secondary N) is 2. The Hall–Kier alpha value is -3.24. The summed E-state index contributed by atoms with van der Waals surface area (Å²) in [5.41, 5.74) is 0.184. The molecule has 1 saturated heterocycles. The molecule has 1 aromatic carbocycles. The molecule has 3 aromatic rings. The lowest BCUT2D eigenvalue weighted by molar-refractivity contribution is 0.212. The minimum atomic E-state index is 0.00967. The maximum absolute atomic E-state index is 9.21. The number of anilines is 2. The van der Waals surface area contributed by atoms with E-state index in [1.165, 1.54) is 6.20 Å². The Morgan fingerprint density at radius 1 is 1.16 bits per heavy atom. The van der Waals surface area contributed by atoms with E-state index in [0.29, 0.717) is 11.6 Å². The van der Waals surface area contributed by atoms with Crippen molar-refractivity contribution in [3.8, 4) is 11.9 Å². The van der Waals surface area contributed by atoms with Gasteiger partial charge < -0.3 is 15.4 Å². The van der Waals surface area contributed by atoms with Crippen LogP contribution in [0.15, 0.2) is 42.7 Å². The molecule has 0 unspecified atom stereocenters. The van der Waals surface area contributed by atoms with Gasteiger partial charge in [-0.25, -0.2) is 9.97 Å². The van der Waals surface area contributed by atoms with E-state index in [9.17, 15) is 5.26 Å². The molecule has 4 rings (SSSR count). The minimum absolute atomic E-state index is 0.00967. The molecule has 0 amide bonds. The van der Waals surface area contributed by atoms with E-state index in [1.54, 1.807) is 6.20 Å². The second-order valence-corrected chi connectivity index (χ2v) is 5.80. The summed E-state index contributed by atoms with van der Waals surface area (Å²) in [6, 6.07) is 12.0. The van der Waals surface area contributed by atoms with Crippen molar-refractivity contribution in [1.82, 2.24) is 20.3 Å². The average molecular weight is 332 g/mol. The predicted octanol–water partition coefficient (Wildman–Crippen LogP) is 2.38. The Labute approximate surface area is 144 Å². The second-order valence-electron chi connectivity index (χ2n) is 5.80. The normalized spacial score (nSPS) is 16.5. The van der Waals surface area contributed by atoms with Crippen LogP contribution < -0.4 is 15.4 Å².